The Kier molecular flexibility index (Phi) is 2.34. The van der Waals surface area contributed by atoms with Crippen LogP contribution in [0.25, 0.3) is 0 Å². The summed E-state index contributed by atoms with van der Waals surface area (Å²) in [5.41, 5.74) is 4.93. The van der Waals surface area contributed by atoms with Crippen molar-refractivity contribution in [2.45, 2.75) is 38.9 Å². The van der Waals surface area contributed by atoms with E-state index in [1.54, 1.807) is 0 Å². The second-order valence-corrected chi connectivity index (χ2v) is 5.40. The number of hydrogen-bond donors (Lipinski definition) is 1. The van der Waals surface area contributed by atoms with Gasteiger partial charge < -0.3 is 19.8 Å². The van der Waals surface area contributed by atoms with E-state index in [1.807, 2.05) is 32.6 Å². The quantitative estimate of drug-likeness (QED) is 0.771. The molecule has 0 radical (unpaired) electrons. The number of nitrogens with zero attached hydrogens (tertiary/aromatic N) is 3. The average molecular weight is 226 g/mol. The van der Waals surface area contributed by atoms with Crippen LogP contribution < -0.4 is 10.6 Å². The van der Waals surface area contributed by atoms with Crippen LogP contribution in [-0.2, 0) is 4.74 Å². The summed E-state index contributed by atoms with van der Waals surface area (Å²) >= 11 is 0. The number of anilines is 2. The van der Waals surface area contributed by atoms with Gasteiger partial charge in [0.1, 0.15) is 0 Å². The van der Waals surface area contributed by atoms with Crippen molar-refractivity contribution in [3.63, 3.8) is 0 Å². The van der Waals surface area contributed by atoms with Crippen LogP contribution in [0.1, 0.15) is 27.7 Å². The molecule has 1 saturated heterocycles. The van der Waals surface area contributed by atoms with E-state index in [0.717, 1.165) is 0 Å². The molecule has 0 spiro atoms. The number of nitrogen functional groups attached to an aromatic ring is 1. The summed E-state index contributed by atoms with van der Waals surface area (Å²) in [6, 6.07) is 0.555. The van der Waals surface area contributed by atoms with Crippen LogP contribution >= 0.6 is 0 Å². The van der Waals surface area contributed by atoms with Gasteiger partial charge in [-0.15, -0.1) is 0 Å². The van der Waals surface area contributed by atoms with Gasteiger partial charge in [0.2, 0.25) is 0 Å². The fourth-order valence-electron chi connectivity index (χ4n) is 2.28. The van der Waals surface area contributed by atoms with Crippen LogP contribution in [0.15, 0.2) is 4.42 Å². The molecule has 1 aliphatic heterocycles. The van der Waals surface area contributed by atoms with Crippen molar-refractivity contribution in [2.24, 2.45) is 0 Å². The molecular weight excluding hydrogens is 208 g/mol. The molecule has 0 amide bonds. The van der Waals surface area contributed by atoms with Crippen LogP contribution in [0.4, 0.5) is 12.0 Å². The Bertz CT molecular complexity index is 370. The fraction of sp³-hybridized carbons (Fsp3) is 0.800. The summed E-state index contributed by atoms with van der Waals surface area (Å²) in [5.74, 6) is 0. The number of aromatic nitrogens is 2. The van der Waals surface area contributed by atoms with Gasteiger partial charge in [0.05, 0.1) is 24.3 Å². The molecule has 6 nitrogen and oxygen atoms in total. The van der Waals surface area contributed by atoms with Crippen LogP contribution in [-0.4, -0.2) is 34.5 Å². The average Bonchev–Trinajstić information content (AvgIpc) is 2.45. The van der Waals surface area contributed by atoms with Gasteiger partial charge in [-0.1, -0.05) is 10.2 Å². The minimum absolute atomic E-state index is 0.0945. The van der Waals surface area contributed by atoms with Crippen molar-refractivity contribution < 1.29 is 9.15 Å². The summed E-state index contributed by atoms with van der Waals surface area (Å²) in [4.78, 5) is 2.01. The van der Waals surface area contributed by atoms with E-state index >= 15 is 0 Å². The maximum atomic E-state index is 5.96. The van der Waals surface area contributed by atoms with Crippen molar-refractivity contribution in [3.05, 3.63) is 0 Å². The first-order valence-electron chi connectivity index (χ1n) is 5.32. The smallest absolute Gasteiger partial charge is 0.319 e. The summed E-state index contributed by atoms with van der Waals surface area (Å²) in [5, 5.41) is 7.57. The van der Waals surface area contributed by atoms with Gasteiger partial charge >= 0.3 is 12.0 Å². The van der Waals surface area contributed by atoms with E-state index in [4.69, 9.17) is 14.9 Å². The van der Waals surface area contributed by atoms with E-state index < -0.39 is 0 Å². The van der Waals surface area contributed by atoms with Gasteiger partial charge in [0, 0.05) is 0 Å². The highest BCUT2D eigenvalue weighted by Gasteiger charge is 2.39. The first-order chi connectivity index (χ1) is 7.27. The predicted molar refractivity (Wildman–Crippen MR) is 60.2 cm³/mol. The third kappa shape index (κ3) is 2.27. The highest BCUT2D eigenvalue weighted by atomic mass is 16.5. The van der Waals surface area contributed by atoms with Crippen molar-refractivity contribution in [2.75, 3.05) is 23.7 Å². The molecule has 16 heavy (non-hydrogen) atoms. The minimum Gasteiger partial charge on any atom is -0.390 e. The van der Waals surface area contributed by atoms with E-state index in [9.17, 15) is 0 Å². The molecule has 0 aliphatic carbocycles. The monoisotopic (exact) mass is 226 g/mol. The number of ether oxygens (including phenoxy) is 1. The molecule has 1 fully saturated rings. The molecule has 0 aromatic carbocycles. The normalized spacial score (nSPS) is 23.4. The zero-order chi connectivity index (χ0) is 12.0. The van der Waals surface area contributed by atoms with Gasteiger partial charge in [0.25, 0.3) is 0 Å². The van der Waals surface area contributed by atoms with Gasteiger partial charge in [-0.25, -0.2) is 0 Å². The first-order valence-corrected chi connectivity index (χ1v) is 5.32. The molecule has 2 rings (SSSR count). The highest BCUT2D eigenvalue weighted by molar-refractivity contribution is 5.30. The van der Waals surface area contributed by atoms with Gasteiger partial charge in [0.15, 0.2) is 0 Å². The van der Waals surface area contributed by atoms with Gasteiger partial charge in [-0.3, -0.25) is 0 Å². The lowest BCUT2D eigenvalue weighted by Crippen LogP contribution is -2.57. The molecule has 0 saturated carbocycles. The van der Waals surface area contributed by atoms with Crippen LogP contribution in [0, 0.1) is 0 Å². The van der Waals surface area contributed by atoms with Crippen molar-refractivity contribution >= 4 is 12.0 Å². The number of nitrogens with two attached hydrogens (primary N) is 1. The van der Waals surface area contributed by atoms with Crippen molar-refractivity contribution in [1.82, 2.24) is 10.2 Å². The molecular formula is C10H18N4O2. The largest absolute Gasteiger partial charge is 0.390 e. The Morgan fingerprint density at radius 2 is 1.69 bits per heavy atom. The lowest BCUT2D eigenvalue weighted by atomic mass is 9.99. The Morgan fingerprint density at radius 3 is 2.12 bits per heavy atom. The highest BCUT2D eigenvalue weighted by Crippen LogP contribution is 2.30. The lowest BCUT2D eigenvalue weighted by Gasteiger charge is -2.46. The van der Waals surface area contributed by atoms with E-state index in [1.165, 1.54) is 0 Å². The van der Waals surface area contributed by atoms with Crippen LogP contribution in [0.5, 0.6) is 0 Å². The van der Waals surface area contributed by atoms with Crippen LogP contribution in [0.2, 0.25) is 0 Å². The van der Waals surface area contributed by atoms with E-state index in [-0.39, 0.29) is 17.2 Å². The Balaban J connectivity index is 2.22. The van der Waals surface area contributed by atoms with E-state index in [0.29, 0.717) is 19.1 Å². The maximum absolute atomic E-state index is 5.96. The van der Waals surface area contributed by atoms with Gasteiger partial charge in [-0.2, -0.15) is 0 Å². The molecule has 6 heteroatoms. The molecule has 2 heterocycles. The Labute approximate surface area is 94.8 Å². The molecule has 1 aliphatic rings. The molecule has 0 unspecified atom stereocenters. The number of morpholine rings is 1. The third-order valence-corrected chi connectivity index (χ3v) is 2.40. The number of hydrogen-bond acceptors (Lipinski definition) is 6. The Hall–Kier alpha value is -1.30. The summed E-state index contributed by atoms with van der Waals surface area (Å²) in [6.07, 6.45) is 0. The predicted octanol–water partition coefficient (Wildman–Crippen LogP) is 1.05. The Morgan fingerprint density at radius 1 is 1.12 bits per heavy atom. The standard InChI is InChI=1S/C10H18N4O2/c1-9(2)5-14(6-10(3,4)16-9)8-13-12-7(11)15-8/h5-6H2,1-4H3,(H2,11,12). The summed E-state index contributed by atoms with van der Waals surface area (Å²) < 4.78 is 11.2. The fourth-order valence-corrected chi connectivity index (χ4v) is 2.28. The molecule has 90 valence electrons. The number of rotatable bonds is 1. The molecule has 1 aromatic heterocycles. The van der Waals surface area contributed by atoms with E-state index in [2.05, 4.69) is 10.2 Å². The van der Waals surface area contributed by atoms with Crippen molar-refractivity contribution in [3.8, 4) is 0 Å². The topological polar surface area (TPSA) is 77.4 Å². The van der Waals surface area contributed by atoms with Gasteiger partial charge in [-0.05, 0) is 27.7 Å². The van der Waals surface area contributed by atoms with Crippen LogP contribution in [0.3, 0.4) is 0 Å². The SMILES string of the molecule is CC1(C)CN(c2nnc(N)o2)CC(C)(C)O1. The zero-order valence-electron chi connectivity index (χ0n) is 10.1. The summed E-state index contributed by atoms with van der Waals surface area (Å²) in [7, 11) is 0. The first kappa shape index (κ1) is 11.2. The second-order valence-electron chi connectivity index (χ2n) is 5.40. The molecule has 1 aromatic rings. The summed E-state index contributed by atoms with van der Waals surface area (Å²) in [6.45, 7) is 9.58. The lowest BCUT2D eigenvalue weighted by molar-refractivity contribution is -0.134. The molecule has 2 N–H and O–H groups in total. The zero-order valence-corrected chi connectivity index (χ0v) is 10.1. The van der Waals surface area contributed by atoms with Crippen molar-refractivity contribution in [1.29, 1.82) is 0 Å². The molecule has 0 atom stereocenters. The molecule has 0 bridgehead atoms. The maximum Gasteiger partial charge on any atom is 0.319 e. The minimum atomic E-state index is -0.245. The second kappa shape index (κ2) is 3.35. The third-order valence-electron chi connectivity index (χ3n) is 2.40.